The van der Waals surface area contributed by atoms with E-state index in [0.717, 1.165) is 37.4 Å². The van der Waals surface area contributed by atoms with Crippen molar-refractivity contribution in [3.63, 3.8) is 0 Å². The van der Waals surface area contributed by atoms with Crippen molar-refractivity contribution in [2.24, 2.45) is 4.99 Å². The number of sulfonamides is 1. The number of hydrogen-bond acceptors (Lipinski definition) is 6. The summed E-state index contributed by atoms with van der Waals surface area (Å²) in [6.45, 7) is 9.22. The zero-order valence-corrected chi connectivity index (χ0v) is 18.0. The topological polar surface area (TPSA) is 117 Å². The molecule has 156 valence electrons. The Morgan fingerprint density at radius 3 is 2.82 bits per heavy atom. The van der Waals surface area contributed by atoms with Crippen molar-refractivity contribution in [1.29, 1.82) is 0 Å². The molecule has 1 aromatic rings. The molecule has 0 aliphatic carbocycles. The van der Waals surface area contributed by atoms with E-state index in [-0.39, 0.29) is 28.4 Å². The van der Waals surface area contributed by atoms with Gasteiger partial charge >= 0.3 is 0 Å². The molecular weight excluding hydrogens is 402 g/mol. The van der Waals surface area contributed by atoms with E-state index in [9.17, 15) is 18.5 Å². The van der Waals surface area contributed by atoms with Crippen LogP contribution >= 0.6 is 11.8 Å². The summed E-state index contributed by atoms with van der Waals surface area (Å²) in [6.07, 6.45) is 0. The summed E-state index contributed by atoms with van der Waals surface area (Å²) >= 11 is 1.93. The molecule has 2 rings (SSSR count). The molecule has 1 aliphatic heterocycles. The predicted molar refractivity (Wildman–Crippen MR) is 112 cm³/mol. The number of rotatable bonds is 7. The molecule has 1 fully saturated rings. The minimum atomic E-state index is -3.83. The molecule has 1 saturated heterocycles. The lowest BCUT2D eigenvalue weighted by Gasteiger charge is -2.39. The van der Waals surface area contributed by atoms with Gasteiger partial charge in [-0.15, -0.1) is 0 Å². The van der Waals surface area contributed by atoms with E-state index < -0.39 is 14.9 Å². The van der Waals surface area contributed by atoms with E-state index in [4.69, 9.17) is 0 Å². The Kier molecular flexibility index (Phi) is 7.67. The summed E-state index contributed by atoms with van der Waals surface area (Å²) in [4.78, 5) is 16.8. The highest BCUT2D eigenvalue weighted by Crippen LogP contribution is 2.29. The summed E-state index contributed by atoms with van der Waals surface area (Å²) < 4.78 is 27.3. The first kappa shape index (κ1) is 22.4. The number of nitrogens with zero attached hydrogens (tertiary/aromatic N) is 3. The van der Waals surface area contributed by atoms with E-state index in [2.05, 4.69) is 33.8 Å². The summed E-state index contributed by atoms with van der Waals surface area (Å²) in [6, 6.07) is 4.98. The molecule has 1 heterocycles. The maximum Gasteiger partial charge on any atom is 0.270 e. The van der Waals surface area contributed by atoms with E-state index in [0.29, 0.717) is 0 Å². The first-order chi connectivity index (χ1) is 13.1. The Morgan fingerprint density at radius 1 is 1.43 bits per heavy atom. The molecule has 11 heteroatoms. The van der Waals surface area contributed by atoms with Gasteiger partial charge in [0, 0.05) is 48.8 Å². The summed E-state index contributed by atoms with van der Waals surface area (Å²) in [7, 11) is -3.83. The van der Waals surface area contributed by atoms with Gasteiger partial charge < -0.3 is 10.2 Å². The van der Waals surface area contributed by atoms with Gasteiger partial charge in [-0.25, -0.2) is 13.1 Å². The van der Waals surface area contributed by atoms with Crippen molar-refractivity contribution >= 4 is 33.4 Å². The van der Waals surface area contributed by atoms with Gasteiger partial charge in [0.2, 0.25) is 10.0 Å². The Morgan fingerprint density at radius 2 is 2.18 bits per heavy atom. The van der Waals surface area contributed by atoms with Crippen LogP contribution in [0, 0.1) is 10.1 Å². The highest BCUT2D eigenvalue weighted by molar-refractivity contribution is 8.00. The van der Waals surface area contributed by atoms with E-state index in [1.807, 2.05) is 18.7 Å². The van der Waals surface area contributed by atoms with Gasteiger partial charge in [0.25, 0.3) is 5.69 Å². The van der Waals surface area contributed by atoms with E-state index in [1.54, 1.807) is 0 Å². The number of aliphatic imine (C=N–C) groups is 1. The smallest absolute Gasteiger partial charge is 0.270 e. The van der Waals surface area contributed by atoms with Crippen LogP contribution in [0.15, 0.2) is 34.2 Å². The summed E-state index contributed by atoms with van der Waals surface area (Å²) in [5.41, 5.74) is -0.263. The van der Waals surface area contributed by atoms with Gasteiger partial charge in [-0.05, 0) is 26.8 Å². The van der Waals surface area contributed by atoms with Gasteiger partial charge in [0.05, 0.1) is 16.4 Å². The van der Waals surface area contributed by atoms with Crippen molar-refractivity contribution in [3.05, 3.63) is 34.4 Å². The molecule has 9 nitrogen and oxygen atoms in total. The fourth-order valence-corrected chi connectivity index (χ4v) is 4.98. The molecule has 0 unspecified atom stereocenters. The maximum absolute atomic E-state index is 12.4. The molecule has 0 spiro atoms. The monoisotopic (exact) mass is 429 g/mol. The number of hydrogen-bond donors (Lipinski definition) is 2. The summed E-state index contributed by atoms with van der Waals surface area (Å²) in [5, 5.41) is 14.1. The van der Waals surface area contributed by atoms with Crippen molar-refractivity contribution in [2.75, 3.05) is 38.5 Å². The van der Waals surface area contributed by atoms with Gasteiger partial charge in [-0.2, -0.15) is 11.8 Å². The fourth-order valence-electron chi connectivity index (χ4n) is 2.81. The third-order valence-electron chi connectivity index (χ3n) is 4.06. The molecule has 0 aromatic heterocycles. The largest absolute Gasteiger partial charge is 0.357 e. The second kappa shape index (κ2) is 9.57. The fraction of sp³-hybridized carbons (Fsp3) is 0.588. The zero-order chi connectivity index (χ0) is 20.8. The highest BCUT2D eigenvalue weighted by atomic mass is 32.2. The minimum Gasteiger partial charge on any atom is -0.357 e. The quantitative estimate of drug-likeness (QED) is 0.223. The zero-order valence-electron chi connectivity index (χ0n) is 16.3. The number of thioether (sulfide) groups is 1. The van der Waals surface area contributed by atoms with Crippen molar-refractivity contribution < 1.29 is 13.3 Å². The number of guanidine groups is 1. The maximum atomic E-state index is 12.4. The minimum absolute atomic E-state index is 0.103. The Hall–Kier alpha value is -1.85. The highest BCUT2D eigenvalue weighted by Gasteiger charge is 2.28. The Bertz CT molecular complexity index is 827. The van der Waals surface area contributed by atoms with Gasteiger partial charge in [-0.1, -0.05) is 6.07 Å². The molecular formula is C17H27N5O4S2. The van der Waals surface area contributed by atoms with Crippen LogP contribution in [0.5, 0.6) is 0 Å². The average molecular weight is 430 g/mol. The molecule has 2 N–H and O–H groups in total. The normalized spacial score (nSPS) is 17.4. The number of nitrogens with one attached hydrogen (secondary N) is 2. The Labute approximate surface area is 170 Å². The van der Waals surface area contributed by atoms with Crippen molar-refractivity contribution in [2.45, 2.75) is 30.4 Å². The first-order valence-corrected chi connectivity index (χ1v) is 11.5. The molecule has 28 heavy (non-hydrogen) atoms. The van der Waals surface area contributed by atoms with Crippen molar-refractivity contribution in [3.8, 4) is 0 Å². The van der Waals surface area contributed by atoms with Crippen LogP contribution in [0.2, 0.25) is 0 Å². The van der Waals surface area contributed by atoms with Crippen LogP contribution in [0.3, 0.4) is 0 Å². The van der Waals surface area contributed by atoms with Gasteiger partial charge in [0.1, 0.15) is 0 Å². The molecule has 0 amide bonds. The van der Waals surface area contributed by atoms with Crippen LogP contribution in [0.1, 0.15) is 20.8 Å². The SMILES string of the molecule is CCNC(=NCCNS(=O)(=O)c1cccc([N+](=O)[O-])c1)N1CCSC(C)(C)C1. The van der Waals surface area contributed by atoms with Crippen LogP contribution in [0.25, 0.3) is 0 Å². The molecule has 0 radical (unpaired) electrons. The number of benzene rings is 1. The van der Waals surface area contributed by atoms with E-state index in [1.165, 1.54) is 18.2 Å². The Balaban J connectivity index is 1.99. The molecule has 1 aromatic carbocycles. The third-order valence-corrected chi connectivity index (χ3v) is 6.82. The number of non-ortho nitro benzene ring substituents is 1. The lowest BCUT2D eigenvalue weighted by molar-refractivity contribution is -0.385. The number of nitro groups is 1. The lowest BCUT2D eigenvalue weighted by atomic mass is 10.2. The summed E-state index contributed by atoms with van der Waals surface area (Å²) in [5.74, 6) is 1.78. The van der Waals surface area contributed by atoms with Crippen LogP contribution in [-0.2, 0) is 10.0 Å². The second-order valence-corrected chi connectivity index (χ2v) is 10.5. The molecule has 0 saturated carbocycles. The average Bonchev–Trinajstić information content (AvgIpc) is 2.63. The standard InChI is InChI=1S/C17H27N5O4S2/c1-4-18-16(21-10-11-27-17(2,3)13-21)19-8-9-20-28(25,26)15-7-5-6-14(12-15)22(23)24/h5-7,12,20H,4,8-11,13H2,1-3H3,(H,18,19). The van der Waals surface area contributed by atoms with E-state index >= 15 is 0 Å². The second-order valence-electron chi connectivity index (χ2n) is 6.92. The van der Waals surface area contributed by atoms with Gasteiger partial charge in [0.15, 0.2) is 5.96 Å². The van der Waals surface area contributed by atoms with Crippen LogP contribution in [-0.4, -0.2) is 67.4 Å². The van der Waals surface area contributed by atoms with Gasteiger partial charge in [-0.3, -0.25) is 15.1 Å². The molecule has 1 aliphatic rings. The first-order valence-electron chi connectivity index (χ1n) is 9.06. The van der Waals surface area contributed by atoms with Crippen LogP contribution in [0.4, 0.5) is 5.69 Å². The lowest BCUT2D eigenvalue weighted by Crippen LogP contribution is -2.51. The third kappa shape index (κ3) is 6.35. The molecule has 0 atom stereocenters. The van der Waals surface area contributed by atoms with Crippen molar-refractivity contribution in [1.82, 2.24) is 14.9 Å². The number of nitro benzene ring substituents is 1. The molecule has 0 bridgehead atoms. The predicted octanol–water partition coefficient (Wildman–Crippen LogP) is 1.67. The van der Waals surface area contributed by atoms with Crippen LogP contribution < -0.4 is 10.0 Å².